The van der Waals surface area contributed by atoms with Crippen LogP contribution in [0.2, 0.25) is 0 Å². The third-order valence-corrected chi connectivity index (χ3v) is 2.67. The van der Waals surface area contributed by atoms with Crippen molar-refractivity contribution in [3.05, 3.63) is 0 Å². The Morgan fingerprint density at radius 1 is 1.11 bits per heavy atom. The van der Waals surface area contributed by atoms with Crippen molar-refractivity contribution < 1.29 is 23.8 Å². The molecule has 0 spiro atoms. The largest absolute Gasteiger partial charge is 0.469 e. The molecule has 0 fully saturated rings. The topological polar surface area (TPSA) is 61.8 Å². The lowest BCUT2D eigenvalue weighted by atomic mass is 9.81. The van der Waals surface area contributed by atoms with E-state index in [4.69, 9.17) is 14.2 Å². The first-order chi connectivity index (χ1) is 8.05. The van der Waals surface area contributed by atoms with Gasteiger partial charge in [-0.2, -0.15) is 0 Å². The van der Waals surface area contributed by atoms with E-state index in [0.717, 1.165) is 0 Å². The molecule has 5 nitrogen and oxygen atoms in total. The molecule has 0 radical (unpaired) electrons. The average molecular weight is 260 g/mol. The van der Waals surface area contributed by atoms with Gasteiger partial charge in [-0.3, -0.25) is 4.79 Å². The molecule has 0 N–H and O–H groups in total. The van der Waals surface area contributed by atoms with Crippen molar-refractivity contribution in [3.63, 3.8) is 0 Å². The summed E-state index contributed by atoms with van der Waals surface area (Å²) in [6, 6.07) is 0. The van der Waals surface area contributed by atoms with Crippen LogP contribution in [-0.2, 0) is 23.8 Å². The van der Waals surface area contributed by atoms with E-state index < -0.39 is 23.1 Å². The van der Waals surface area contributed by atoms with Crippen LogP contribution in [0, 0.1) is 5.41 Å². The molecule has 0 rings (SSSR count). The number of carbonyl (C=O) groups excluding carboxylic acids is 2. The van der Waals surface area contributed by atoms with Gasteiger partial charge in [-0.05, 0) is 34.6 Å². The third-order valence-electron chi connectivity index (χ3n) is 2.67. The Kier molecular flexibility index (Phi) is 5.80. The van der Waals surface area contributed by atoms with E-state index >= 15 is 0 Å². The molecule has 0 heterocycles. The maximum Gasteiger partial charge on any atom is 0.335 e. The predicted octanol–water partition coefficient (Wildman–Crippen LogP) is 1.93. The Labute approximate surface area is 109 Å². The molecular weight excluding hydrogens is 236 g/mol. The maximum absolute atomic E-state index is 11.7. The zero-order valence-electron chi connectivity index (χ0n) is 12.3. The van der Waals surface area contributed by atoms with Crippen LogP contribution in [0.5, 0.6) is 0 Å². The minimum absolute atomic E-state index is 0.327. The molecule has 0 aromatic rings. The van der Waals surface area contributed by atoms with Gasteiger partial charge in [0.05, 0.1) is 12.5 Å². The van der Waals surface area contributed by atoms with Crippen LogP contribution in [-0.4, -0.2) is 37.9 Å². The fourth-order valence-corrected chi connectivity index (χ4v) is 1.90. The van der Waals surface area contributed by atoms with Gasteiger partial charge in [0.25, 0.3) is 0 Å². The van der Waals surface area contributed by atoms with Gasteiger partial charge in [0.1, 0.15) is 5.60 Å². The lowest BCUT2D eigenvalue weighted by Crippen LogP contribution is -2.40. The average Bonchev–Trinajstić information content (AvgIpc) is 2.24. The number of hydrogen-bond donors (Lipinski definition) is 0. The second kappa shape index (κ2) is 6.18. The molecular formula is C13H24O5. The summed E-state index contributed by atoms with van der Waals surface area (Å²) in [6.45, 7) is 8.65. The monoisotopic (exact) mass is 260 g/mol. The van der Waals surface area contributed by atoms with Crippen LogP contribution in [0.1, 0.15) is 41.0 Å². The normalized spacial score (nSPS) is 13.9. The standard InChI is InChI=1S/C13H24O5/c1-9(16-6)10(14)18-13(4,5)8-12(2,3)11(15)17-7/h9H,8H2,1-7H3. The maximum atomic E-state index is 11.7. The SMILES string of the molecule is COC(=O)C(C)(C)CC(C)(C)OC(=O)C(C)OC. The number of hydrogen-bond acceptors (Lipinski definition) is 5. The van der Waals surface area contributed by atoms with Crippen LogP contribution in [0.15, 0.2) is 0 Å². The van der Waals surface area contributed by atoms with Crippen LogP contribution in [0.4, 0.5) is 0 Å². The molecule has 0 saturated carbocycles. The van der Waals surface area contributed by atoms with E-state index in [1.165, 1.54) is 14.2 Å². The van der Waals surface area contributed by atoms with Crippen molar-refractivity contribution in [1.29, 1.82) is 0 Å². The first kappa shape index (κ1) is 16.9. The molecule has 18 heavy (non-hydrogen) atoms. The summed E-state index contributed by atoms with van der Waals surface area (Å²) in [4.78, 5) is 23.3. The van der Waals surface area contributed by atoms with E-state index in [-0.39, 0.29) is 5.97 Å². The van der Waals surface area contributed by atoms with Gasteiger partial charge >= 0.3 is 11.9 Å². The van der Waals surface area contributed by atoms with Crippen molar-refractivity contribution in [3.8, 4) is 0 Å². The molecule has 0 aromatic heterocycles. The minimum Gasteiger partial charge on any atom is -0.469 e. The van der Waals surface area contributed by atoms with Crippen LogP contribution >= 0.6 is 0 Å². The first-order valence-electron chi connectivity index (χ1n) is 5.90. The molecule has 106 valence electrons. The minimum atomic E-state index is -0.762. The zero-order valence-corrected chi connectivity index (χ0v) is 12.3. The van der Waals surface area contributed by atoms with Gasteiger partial charge in [-0.1, -0.05) is 0 Å². The molecule has 0 saturated heterocycles. The highest BCUT2D eigenvalue weighted by atomic mass is 16.6. The summed E-state index contributed by atoms with van der Waals surface area (Å²) in [5.74, 6) is -0.769. The van der Waals surface area contributed by atoms with Crippen molar-refractivity contribution >= 4 is 11.9 Å². The van der Waals surface area contributed by atoms with Crippen LogP contribution < -0.4 is 0 Å². The Hall–Kier alpha value is -1.10. The number of methoxy groups -OCH3 is 2. The molecule has 0 bridgehead atoms. The van der Waals surface area contributed by atoms with Gasteiger partial charge in [-0.25, -0.2) is 4.79 Å². The number of carbonyl (C=O) groups is 2. The fraction of sp³-hybridized carbons (Fsp3) is 0.846. The highest BCUT2D eigenvalue weighted by Crippen LogP contribution is 2.31. The van der Waals surface area contributed by atoms with Crippen molar-refractivity contribution in [2.45, 2.75) is 52.7 Å². The van der Waals surface area contributed by atoms with Gasteiger partial charge in [-0.15, -0.1) is 0 Å². The summed E-state index contributed by atoms with van der Waals surface area (Å²) in [5.41, 5.74) is -1.48. The van der Waals surface area contributed by atoms with E-state index in [1.54, 1.807) is 34.6 Å². The number of esters is 2. The molecule has 1 unspecified atom stereocenters. The molecule has 0 aliphatic heterocycles. The molecule has 1 atom stereocenters. The van der Waals surface area contributed by atoms with Gasteiger partial charge in [0, 0.05) is 13.5 Å². The van der Waals surface area contributed by atoms with Gasteiger partial charge in [0.15, 0.2) is 6.10 Å². The summed E-state index contributed by atoms with van der Waals surface area (Å²) < 4.78 is 15.0. The second-order valence-corrected chi connectivity index (χ2v) is 5.61. The molecule has 0 amide bonds. The summed E-state index contributed by atoms with van der Waals surface area (Å²) in [7, 11) is 2.79. The number of rotatable bonds is 6. The van der Waals surface area contributed by atoms with Crippen molar-refractivity contribution in [1.82, 2.24) is 0 Å². The lowest BCUT2D eigenvalue weighted by molar-refractivity contribution is -0.173. The fourth-order valence-electron chi connectivity index (χ4n) is 1.90. The molecule has 5 heteroatoms. The van der Waals surface area contributed by atoms with E-state index in [0.29, 0.717) is 6.42 Å². The quantitative estimate of drug-likeness (QED) is 0.683. The Morgan fingerprint density at radius 2 is 1.61 bits per heavy atom. The van der Waals surface area contributed by atoms with Crippen LogP contribution in [0.25, 0.3) is 0 Å². The van der Waals surface area contributed by atoms with Gasteiger partial charge in [0.2, 0.25) is 0 Å². The highest BCUT2D eigenvalue weighted by molar-refractivity contribution is 5.76. The summed E-state index contributed by atoms with van der Waals surface area (Å²) in [5, 5.41) is 0. The molecule has 0 aliphatic carbocycles. The number of ether oxygens (including phenoxy) is 3. The Balaban J connectivity index is 4.66. The van der Waals surface area contributed by atoms with Crippen LogP contribution in [0.3, 0.4) is 0 Å². The third kappa shape index (κ3) is 5.04. The van der Waals surface area contributed by atoms with E-state index in [9.17, 15) is 9.59 Å². The Bertz CT molecular complexity index is 307. The molecule has 0 aromatic carbocycles. The first-order valence-corrected chi connectivity index (χ1v) is 5.90. The zero-order chi connectivity index (χ0) is 14.6. The van der Waals surface area contributed by atoms with E-state index in [1.807, 2.05) is 0 Å². The predicted molar refractivity (Wildman–Crippen MR) is 67.1 cm³/mol. The summed E-state index contributed by atoms with van der Waals surface area (Å²) in [6.07, 6.45) is -0.250. The summed E-state index contributed by atoms with van der Waals surface area (Å²) >= 11 is 0. The van der Waals surface area contributed by atoms with E-state index in [2.05, 4.69) is 0 Å². The van der Waals surface area contributed by atoms with Crippen molar-refractivity contribution in [2.75, 3.05) is 14.2 Å². The smallest absolute Gasteiger partial charge is 0.335 e. The van der Waals surface area contributed by atoms with Crippen molar-refractivity contribution in [2.24, 2.45) is 5.41 Å². The van der Waals surface area contributed by atoms with Gasteiger partial charge < -0.3 is 14.2 Å². The highest BCUT2D eigenvalue weighted by Gasteiger charge is 2.38. The molecule has 0 aliphatic rings. The Morgan fingerprint density at radius 3 is 2.00 bits per heavy atom. The lowest BCUT2D eigenvalue weighted by Gasteiger charge is -2.33. The second-order valence-electron chi connectivity index (χ2n) is 5.61.